The number of ether oxygens (including phenoxy) is 4. The Balaban J connectivity index is 1.79. The first kappa shape index (κ1) is 23.0. The lowest BCUT2D eigenvalue weighted by molar-refractivity contribution is -0.122. The van der Waals surface area contributed by atoms with Gasteiger partial charge in [-0.15, -0.1) is 30.0 Å². The maximum Gasteiger partial charge on any atom is 0.512 e. The lowest BCUT2D eigenvalue weighted by atomic mass is 10.5. The van der Waals surface area contributed by atoms with Crippen LogP contribution in [0.15, 0.2) is 0 Å². The van der Waals surface area contributed by atoms with Gasteiger partial charge in [-0.05, 0) is 38.1 Å². The average molecular weight is 426 g/mol. The first-order valence-corrected chi connectivity index (χ1v) is 8.83. The van der Waals surface area contributed by atoms with Crippen molar-refractivity contribution in [3.8, 4) is 0 Å². The molecule has 2 unspecified atom stereocenters. The van der Waals surface area contributed by atoms with Gasteiger partial charge in [0.2, 0.25) is 24.1 Å². The zero-order valence-electron chi connectivity index (χ0n) is 16.9. The van der Waals surface area contributed by atoms with E-state index in [4.69, 9.17) is 18.9 Å². The van der Waals surface area contributed by atoms with Crippen LogP contribution in [0.5, 0.6) is 0 Å². The summed E-state index contributed by atoms with van der Waals surface area (Å²) in [5, 5.41) is 22.9. The van der Waals surface area contributed by atoms with Crippen LogP contribution >= 0.6 is 0 Å². The summed E-state index contributed by atoms with van der Waals surface area (Å²) in [6, 6.07) is 0. The zero-order chi connectivity index (χ0) is 22.1. The van der Waals surface area contributed by atoms with Crippen molar-refractivity contribution >= 4 is 17.7 Å². The molecule has 2 heterocycles. The van der Waals surface area contributed by atoms with E-state index in [1.165, 1.54) is 27.7 Å². The Labute approximate surface area is 170 Å². The van der Waals surface area contributed by atoms with Gasteiger partial charge in [-0.25, -0.2) is 4.79 Å². The summed E-state index contributed by atoms with van der Waals surface area (Å²) in [5.41, 5.74) is 0. The molecule has 0 saturated carbocycles. The predicted molar refractivity (Wildman–Crippen MR) is 93.3 cm³/mol. The third-order valence-corrected chi connectivity index (χ3v) is 3.20. The average Bonchev–Trinajstić information content (AvgIpc) is 3.30. The second-order valence-corrected chi connectivity index (χ2v) is 6.13. The van der Waals surface area contributed by atoms with Crippen LogP contribution in [0, 0.1) is 0 Å². The van der Waals surface area contributed by atoms with E-state index in [1.54, 1.807) is 0 Å². The van der Waals surface area contributed by atoms with Crippen molar-refractivity contribution in [3.63, 3.8) is 0 Å². The summed E-state index contributed by atoms with van der Waals surface area (Å²) in [6.07, 6.45) is -2.86. The quantitative estimate of drug-likeness (QED) is 0.407. The van der Waals surface area contributed by atoms with Crippen LogP contribution in [-0.4, -0.2) is 71.4 Å². The number of carbonyl (C=O) groups is 3. The molecule has 0 spiro atoms. The molecule has 0 aromatic carbocycles. The molecule has 0 saturated heterocycles. The lowest BCUT2D eigenvalue weighted by Crippen LogP contribution is -2.22. The van der Waals surface area contributed by atoms with Crippen LogP contribution in [0.1, 0.15) is 51.8 Å². The van der Waals surface area contributed by atoms with Crippen LogP contribution in [0.2, 0.25) is 0 Å². The number of Topliss-reactive ketones (excluding diaryl/α,β-unsaturated/α-hetero) is 2. The van der Waals surface area contributed by atoms with Crippen LogP contribution in [0.25, 0.3) is 0 Å². The first-order chi connectivity index (χ1) is 14.2. The molecule has 0 aliphatic rings. The van der Waals surface area contributed by atoms with Crippen molar-refractivity contribution in [1.82, 2.24) is 40.4 Å². The van der Waals surface area contributed by atoms with Crippen LogP contribution in [0.4, 0.5) is 4.79 Å². The van der Waals surface area contributed by atoms with Crippen LogP contribution < -0.4 is 0 Å². The smallest absolute Gasteiger partial charge is 0.407 e. The van der Waals surface area contributed by atoms with Crippen molar-refractivity contribution in [1.29, 1.82) is 0 Å². The number of tetrazole rings is 2. The molecule has 0 amide bonds. The van der Waals surface area contributed by atoms with Gasteiger partial charge in [-0.2, -0.15) is 0 Å². The molecule has 0 radical (unpaired) electrons. The Morgan fingerprint density at radius 2 is 1.20 bits per heavy atom. The van der Waals surface area contributed by atoms with Crippen LogP contribution in [0.3, 0.4) is 0 Å². The summed E-state index contributed by atoms with van der Waals surface area (Å²) in [5.74, 6) is 0.182. The summed E-state index contributed by atoms with van der Waals surface area (Å²) in [7, 11) is 0. The first-order valence-electron chi connectivity index (χ1n) is 8.83. The van der Waals surface area contributed by atoms with E-state index in [0.29, 0.717) is 0 Å². The molecule has 0 fully saturated rings. The molecule has 164 valence electrons. The maximum absolute atomic E-state index is 12.0. The number of rotatable bonds is 12. The fourth-order valence-electron chi connectivity index (χ4n) is 1.91. The summed E-state index contributed by atoms with van der Waals surface area (Å²) in [6.45, 7) is 5.65. The van der Waals surface area contributed by atoms with E-state index in [1.807, 2.05) is 0 Å². The van der Waals surface area contributed by atoms with Gasteiger partial charge in [0.25, 0.3) is 0 Å². The van der Waals surface area contributed by atoms with E-state index in [2.05, 4.69) is 30.8 Å². The Morgan fingerprint density at radius 1 is 0.800 bits per heavy atom. The molecule has 0 bridgehead atoms. The van der Waals surface area contributed by atoms with Crippen LogP contribution in [-0.2, 0) is 41.8 Å². The summed E-state index contributed by atoms with van der Waals surface area (Å²) < 4.78 is 20.3. The molecule has 0 N–H and O–H groups in total. The van der Waals surface area contributed by atoms with Gasteiger partial charge in [-0.1, -0.05) is 0 Å². The molecular weight excluding hydrogens is 404 g/mol. The lowest BCUT2D eigenvalue weighted by Gasteiger charge is -2.14. The second kappa shape index (κ2) is 11.0. The SMILES string of the molecule is CC(=O)COCc1nnn(C(C)OC(=O)OC(C)n2nnc(COCC(C)=O)n2)n1. The predicted octanol–water partition coefficient (Wildman–Crippen LogP) is -0.239. The third-order valence-electron chi connectivity index (χ3n) is 3.20. The fourth-order valence-corrected chi connectivity index (χ4v) is 1.91. The second-order valence-electron chi connectivity index (χ2n) is 6.13. The highest BCUT2D eigenvalue weighted by molar-refractivity contribution is 5.76. The van der Waals surface area contributed by atoms with E-state index >= 15 is 0 Å². The van der Waals surface area contributed by atoms with Gasteiger partial charge in [0.15, 0.2) is 11.6 Å². The van der Waals surface area contributed by atoms with Crippen molar-refractivity contribution in [2.75, 3.05) is 13.2 Å². The monoisotopic (exact) mass is 426 g/mol. The van der Waals surface area contributed by atoms with Crippen molar-refractivity contribution in [2.24, 2.45) is 0 Å². The fraction of sp³-hybridized carbons (Fsp3) is 0.667. The number of nitrogens with zero attached hydrogens (tertiary/aromatic N) is 8. The molecule has 30 heavy (non-hydrogen) atoms. The van der Waals surface area contributed by atoms with Crippen molar-refractivity contribution in [3.05, 3.63) is 11.6 Å². The highest BCUT2D eigenvalue weighted by Gasteiger charge is 2.20. The molecule has 2 rings (SSSR count). The van der Waals surface area contributed by atoms with Crippen molar-refractivity contribution < 1.29 is 33.3 Å². The normalized spacial score (nSPS) is 12.9. The molecular formula is C15H22N8O7. The maximum atomic E-state index is 12.0. The minimum Gasteiger partial charge on any atom is -0.407 e. The van der Waals surface area contributed by atoms with Gasteiger partial charge in [0.1, 0.15) is 26.4 Å². The highest BCUT2D eigenvalue weighted by atomic mass is 16.7. The number of hydrogen-bond donors (Lipinski definition) is 0. The number of hydrogen-bond acceptors (Lipinski definition) is 13. The Hall–Kier alpha value is -3.33. The van der Waals surface area contributed by atoms with Gasteiger partial charge in [0.05, 0.1) is 0 Å². The summed E-state index contributed by atoms with van der Waals surface area (Å²) in [4.78, 5) is 35.8. The van der Waals surface area contributed by atoms with Gasteiger partial charge in [0, 0.05) is 0 Å². The largest absolute Gasteiger partial charge is 0.512 e. The summed E-state index contributed by atoms with van der Waals surface area (Å²) >= 11 is 0. The van der Waals surface area contributed by atoms with E-state index < -0.39 is 18.6 Å². The minimum absolute atomic E-state index is 0.00971. The van der Waals surface area contributed by atoms with E-state index in [9.17, 15) is 14.4 Å². The van der Waals surface area contributed by atoms with Gasteiger partial charge in [-0.3, -0.25) is 9.59 Å². The molecule has 0 aliphatic carbocycles. The van der Waals surface area contributed by atoms with Crippen molar-refractivity contribution in [2.45, 2.75) is 53.4 Å². The third kappa shape index (κ3) is 7.59. The molecule has 15 nitrogen and oxygen atoms in total. The van der Waals surface area contributed by atoms with Gasteiger partial charge < -0.3 is 18.9 Å². The number of aromatic nitrogens is 8. The Morgan fingerprint density at radius 3 is 1.57 bits per heavy atom. The zero-order valence-corrected chi connectivity index (χ0v) is 16.9. The molecule has 15 heteroatoms. The number of ketones is 2. The minimum atomic E-state index is -1.02. The highest BCUT2D eigenvalue weighted by Crippen LogP contribution is 2.11. The molecule has 0 aliphatic heterocycles. The van der Waals surface area contributed by atoms with E-state index in [0.717, 1.165) is 9.59 Å². The topological polar surface area (TPSA) is 175 Å². The standard InChI is InChI=1S/C15H22N8O7/c1-9(24)5-27-7-13-16-20-22(18-13)11(3)29-15(26)30-12(4)23-19-14(17-21-23)8-28-6-10(2)25/h11-12H,5-8H2,1-4H3. The number of carbonyl (C=O) groups excluding carboxylic acids is 3. The molecule has 2 atom stereocenters. The Kier molecular flexibility index (Phi) is 8.42. The van der Waals surface area contributed by atoms with E-state index in [-0.39, 0.29) is 49.6 Å². The van der Waals surface area contributed by atoms with Gasteiger partial charge >= 0.3 is 6.16 Å². The Bertz CT molecular complexity index is 799. The molecule has 2 aromatic rings. The molecule has 2 aromatic heterocycles.